The van der Waals surface area contributed by atoms with Gasteiger partial charge in [-0.25, -0.2) is 14.4 Å². The van der Waals surface area contributed by atoms with Crippen LogP contribution in [0.2, 0.25) is 0 Å². The molecule has 0 aromatic carbocycles. The number of ether oxygens (including phenoxy) is 1. The van der Waals surface area contributed by atoms with Crippen molar-refractivity contribution >= 4 is 5.82 Å². The fourth-order valence-electron chi connectivity index (χ4n) is 3.12. The Morgan fingerprint density at radius 1 is 1.38 bits per heavy atom. The van der Waals surface area contributed by atoms with E-state index in [2.05, 4.69) is 27.3 Å². The molecule has 0 amide bonds. The van der Waals surface area contributed by atoms with Gasteiger partial charge in [0.25, 0.3) is 0 Å². The predicted molar refractivity (Wildman–Crippen MR) is 89.2 cm³/mol. The van der Waals surface area contributed by atoms with E-state index in [-0.39, 0.29) is 23.7 Å². The van der Waals surface area contributed by atoms with Crippen molar-refractivity contribution in [2.45, 2.75) is 45.8 Å². The number of anilines is 1. The Morgan fingerprint density at radius 2 is 2.25 bits per heavy atom. The van der Waals surface area contributed by atoms with Gasteiger partial charge in [0, 0.05) is 37.4 Å². The summed E-state index contributed by atoms with van der Waals surface area (Å²) >= 11 is 0. The molecule has 3 rings (SSSR count). The Morgan fingerprint density at radius 3 is 3.00 bits per heavy atom. The third-order valence-electron chi connectivity index (χ3n) is 4.48. The predicted octanol–water partition coefficient (Wildman–Crippen LogP) is 2.97. The molecular formula is C17H24FN5O. The lowest BCUT2D eigenvalue weighted by atomic mass is 9.91. The second kappa shape index (κ2) is 7.70. The molecule has 0 bridgehead atoms. The fraction of sp³-hybridized carbons (Fsp3) is 0.588. The van der Waals surface area contributed by atoms with Crippen LogP contribution in [0.25, 0.3) is 0 Å². The number of aryl methyl sites for hydroxylation is 2. The molecule has 1 fully saturated rings. The van der Waals surface area contributed by atoms with Crippen LogP contribution in [-0.4, -0.2) is 32.9 Å². The van der Waals surface area contributed by atoms with E-state index in [9.17, 15) is 4.39 Å². The Hall–Kier alpha value is -2.02. The summed E-state index contributed by atoms with van der Waals surface area (Å²) in [6, 6.07) is 0. The average Bonchev–Trinajstić information content (AvgIpc) is 3.10. The monoisotopic (exact) mass is 333 g/mol. The maximum absolute atomic E-state index is 14.3. The van der Waals surface area contributed by atoms with Gasteiger partial charge in [0.15, 0.2) is 11.6 Å². The van der Waals surface area contributed by atoms with Gasteiger partial charge in [0.2, 0.25) is 0 Å². The molecule has 1 N–H and O–H groups in total. The largest absolute Gasteiger partial charge is 0.373 e. The van der Waals surface area contributed by atoms with Gasteiger partial charge in [0.1, 0.15) is 6.33 Å². The first kappa shape index (κ1) is 16.8. The summed E-state index contributed by atoms with van der Waals surface area (Å²) < 4.78 is 22.1. The molecule has 1 saturated heterocycles. The first-order valence-corrected chi connectivity index (χ1v) is 8.60. The summed E-state index contributed by atoms with van der Waals surface area (Å²) in [5, 5.41) is 7.48. The number of nitrogens with zero attached hydrogens (tertiary/aromatic N) is 4. The molecule has 0 aliphatic carbocycles. The number of nitrogens with one attached hydrogen (secondary N) is 1. The lowest BCUT2D eigenvalue weighted by Crippen LogP contribution is -2.28. The van der Waals surface area contributed by atoms with Gasteiger partial charge in [0.05, 0.1) is 18.0 Å². The second-order valence-electron chi connectivity index (χ2n) is 6.04. The van der Waals surface area contributed by atoms with Crippen molar-refractivity contribution in [3.05, 3.63) is 35.8 Å². The molecule has 6 nitrogen and oxygen atoms in total. The highest BCUT2D eigenvalue weighted by Gasteiger charge is 2.28. The normalized spacial score (nSPS) is 21.0. The Balaban J connectivity index is 1.70. The first-order chi connectivity index (χ1) is 11.7. The Labute approximate surface area is 141 Å². The van der Waals surface area contributed by atoms with E-state index in [0.29, 0.717) is 18.7 Å². The first-order valence-electron chi connectivity index (χ1n) is 8.60. The van der Waals surface area contributed by atoms with Crippen LogP contribution in [0.1, 0.15) is 44.1 Å². The molecule has 2 aromatic rings. The third kappa shape index (κ3) is 3.56. The Bertz CT molecular complexity index is 675. The van der Waals surface area contributed by atoms with Gasteiger partial charge >= 0.3 is 0 Å². The number of rotatable bonds is 6. The molecule has 24 heavy (non-hydrogen) atoms. The molecule has 2 aromatic heterocycles. The van der Waals surface area contributed by atoms with Gasteiger partial charge in [-0.2, -0.15) is 5.10 Å². The summed E-state index contributed by atoms with van der Waals surface area (Å²) in [6.45, 7) is 6.13. The quantitative estimate of drug-likeness (QED) is 0.880. The van der Waals surface area contributed by atoms with E-state index in [4.69, 9.17) is 4.74 Å². The second-order valence-corrected chi connectivity index (χ2v) is 6.04. The number of halogens is 1. The SMILES string of the molecule is CCc1ncnc(NC[C@@H]2CCCO[C@H]2c2cnn(CC)c2)c1F. The highest BCUT2D eigenvalue weighted by atomic mass is 19.1. The van der Waals surface area contributed by atoms with Crippen molar-refractivity contribution in [2.24, 2.45) is 5.92 Å². The van der Waals surface area contributed by atoms with E-state index < -0.39 is 0 Å². The van der Waals surface area contributed by atoms with Gasteiger partial charge in [-0.15, -0.1) is 0 Å². The fourth-order valence-corrected chi connectivity index (χ4v) is 3.12. The topological polar surface area (TPSA) is 64.9 Å². The van der Waals surface area contributed by atoms with Crippen LogP contribution in [0.3, 0.4) is 0 Å². The third-order valence-corrected chi connectivity index (χ3v) is 4.48. The zero-order chi connectivity index (χ0) is 16.9. The smallest absolute Gasteiger partial charge is 0.186 e. The van der Waals surface area contributed by atoms with Crippen molar-refractivity contribution in [1.29, 1.82) is 0 Å². The molecule has 1 aliphatic rings. The van der Waals surface area contributed by atoms with E-state index in [1.165, 1.54) is 6.33 Å². The van der Waals surface area contributed by atoms with Crippen molar-refractivity contribution in [2.75, 3.05) is 18.5 Å². The van der Waals surface area contributed by atoms with Crippen molar-refractivity contribution in [3.63, 3.8) is 0 Å². The highest BCUT2D eigenvalue weighted by molar-refractivity contribution is 5.37. The van der Waals surface area contributed by atoms with Crippen molar-refractivity contribution in [3.8, 4) is 0 Å². The standard InChI is InChI=1S/C17H24FN5O/c1-3-14-15(18)17(21-11-20-14)19-8-12-6-5-7-24-16(12)13-9-22-23(4-2)10-13/h9-12,16H,3-8H2,1-2H3,(H,19,20,21)/t12-,16+/m0/s1. The lowest BCUT2D eigenvalue weighted by Gasteiger charge is -2.31. The van der Waals surface area contributed by atoms with Crippen LogP contribution < -0.4 is 5.32 Å². The van der Waals surface area contributed by atoms with Gasteiger partial charge in [-0.3, -0.25) is 4.68 Å². The molecule has 0 radical (unpaired) electrons. The molecule has 3 heterocycles. The zero-order valence-corrected chi connectivity index (χ0v) is 14.2. The summed E-state index contributed by atoms with van der Waals surface area (Å²) in [5.74, 6) is 0.176. The maximum Gasteiger partial charge on any atom is 0.186 e. The molecule has 7 heteroatoms. The maximum atomic E-state index is 14.3. The Kier molecular flexibility index (Phi) is 5.40. The molecule has 2 atom stereocenters. The van der Waals surface area contributed by atoms with Crippen LogP contribution in [0.15, 0.2) is 18.7 Å². The zero-order valence-electron chi connectivity index (χ0n) is 14.2. The van der Waals surface area contributed by atoms with E-state index in [1.54, 1.807) is 0 Å². The minimum Gasteiger partial charge on any atom is -0.373 e. The molecular weight excluding hydrogens is 309 g/mol. The molecule has 1 aliphatic heterocycles. The minimum absolute atomic E-state index is 0.0119. The van der Waals surface area contributed by atoms with Crippen LogP contribution >= 0.6 is 0 Å². The average molecular weight is 333 g/mol. The van der Waals surface area contributed by atoms with Gasteiger partial charge in [-0.1, -0.05) is 6.92 Å². The minimum atomic E-state index is -0.355. The van der Waals surface area contributed by atoms with Crippen LogP contribution in [0.4, 0.5) is 10.2 Å². The van der Waals surface area contributed by atoms with E-state index in [1.807, 2.05) is 24.0 Å². The molecule has 0 saturated carbocycles. The van der Waals surface area contributed by atoms with Crippen LogP contribution in [-0.2, 0) is 17.7 Å². The molecule has 130 valence electrons. The summed E-state index contributed by atoms with van der Waals surface area (Å²) in [6.07, 6.45) is 7.89. The lowest BCUT2D eigenvalue weighted by molar-refractivity contribution is -0.0239. The molecule has 0 spiro atoms. The van der Waals surface area contributed by atoms with Crippen LogP contribution in [0, 0.1) is 11.7 Å². The summed E-state index contributed by atoms with van der Waals surface area (Å²) in [7, 11) is 0. The van der Waals surface area contributed by atoms with E-state index in [0.717, 1.165) is 31.6 Å². The van der Waals surface area contributed by atoms with Crippen molar-refractivity contribution in [1.82, 2.24) is 19.7 Å². The van der Waals surface area contributed by atoms with Gasteiger partial charge < -0.3 is 10.1 Å². The molecule has 0 unspecified atom stereocenters. The van der Waals surface area contributed by atoms with E-state index >= 15 is 0 Å². The van der Waals surface area contributed by atoms with Gasteiger partial charge in [-0.05, 0) is 26.2 Å². The highest BCUT2D eigenvalue weighted by Crippen LogP contribution is 2.33. The van der Waals surface area contributed by atoms with Crippen molar-refractivity contribution < 1.29 is 9.13 Å². The summed E-state index contributed by atoms with van der Waals surface area (Å²) in [5.41, 5.74) is 1.52. The summed E-state index contributed by atoms with van der Waals surface area (Å²) in [4.78, 5) is 8.00. The number of aromatic nitrogens is 4. The number of hydrogen-bond donors (Lipinski definition) is 1. The number of hydrogen-bond acceptors (Lipinski definition) is 5. The van der Waals surface area contributed by atoms with Crippen LogP contribution in [0.5, 0.6) is 0 Å².